The topological polar surface area (TPSA) is 0 Å². The van der Waals surface area contributed by atoms with E-state index in [0.717, 1.165) is 5.92 Å². The molecule has 0 aromatic heterocycles. The van der Waals surface area contributed by atoms with Crippen molar-refractivity contribution in [2.75, 3.05) is 0 Å². The zero-order valence-corrected chi connectivity index (χ0v) is 15.1. The quantitative estimate of drug-likeness (QED) is 0.566. The Kier molecular flexibility index (Phi) is 3.21. The van der Waals surface area contributed by atoms with Crippen molar-refractivity contribution >= 4 is 10.8 Å². The fraction of sp³-hybridized carbons (Fsp3) is 0.500. The van der Waals surface area contributed by atoms with Gasteiger partial charge in [0, 0.05) is 5.41 Å². The lowest BCUT2D eigenvalue weighted by Gasteiger charge is -2.42. The highest BCUT2D eigenvalue weighted by atomic mass is 14.5. The number of rotatable bonds is 2. The molecule has 0 heteroatoms. The van der Waals surface area contributed by atoms with Gasteiger partial charge in [-0.05, 0) is 84.2 Å². The van der Waals surface area contributed by atoms with Gasteiger partial charge in [0.1, 0.15) is 0 Å². The lowest BCUT2D eigenvalue weighted by molar-refractivity contribution is 0.270. The summed E-state index contributed by atoms with van der Waals surface area (Å²) >= 11 is 0. The van der Waals surface area contributed by atoms with Gasteiger partial charge in [0.2, 0.25) is 0 Å². The van der Waals surface area contributed by atoms with E-state index < -0.39 is 0 Å². The summed E-state index contributed by atoms with van der Waals surface area (Å²) in [7, 11) is 0. The van der Waals surface area contributed by atoms with Crippen LogP contribution in [0.4, 0.5) is 0 Å². The van der Waals surface area contributed by atoms with Gasteiger partial charge in [-0.2, -0.15) is 0 Å². The first-order chi connectivity index (χ1) is 11.7. The fourth-order valence-corrected chi connectivity index (χ4v) is 5.97. The van der Waals surface area contributed by atoms with Crippen molar-refractivity contribution in [2.45, 2.75) is 64.2 Å². The monoisotopic (exact) mass is 316 g/mol. The summed E-state index contributed by atoms with van der Waals surface area (Å²) in [5.74, 6) is 1.61. The number of hydrogen-bond donors (Lipinski definition) is 0. The van der Waals surface area contributed by atoms with Gasteiger partial charge in [-0.15, -0.1) is 0 Å². The molecular formula is C24H28. The van der Waals surface area contributed by atoms with E-state index in [0.29, 0.717) is 11.3 Å². The highest BCUT2D eigenvalue weighted by molar-refractivity contribution is 5.88. The lowest BCUT2D eigenvalue weighted by atomic mass is 9.62. The van der Waals surface area contributed by atoms with E-state index in [-0.39, 0.29) is 0 Å². The Hall–Kier alpha value is -1.56. The Morgan fingerprint density at radius 1 is 1.21 bits per heavy atom. The fourth-order valence-electron chi connectivity index (χ4n) is 5.97. The zero-order chi connectivity index (χ0) is 16.3. The highest BCUT2D eigenvalue weighted by Crippen LogP contribution is 2.59. The van der Waals surface area contributed by atoms with Gasteiger partial charge in [0.25, 0.3) is 0 Å². The van der Waals surface area contributed by atoms with Gasteiger partial charge in [0.05, 0.1) is 0 Å². The van der Waals surface area contributed by atoms with Crippen molar-refractivity contribution in [1.29, 1.82) is 0 Å². The molecule has 3 aliphatic carbocycles. The molecular weight excluding hydrogens is 288 g/mol. The van der Waals surface area contributed by atoms with Gasteiger partial charge in [-0.3, -0.25) is 0 Å². The first kappa shape index (κ1) is 14.8. The second-order valence-corrected chi connectivity index (χ2v) is 8.93. The highest BCUT2D eigenvalue weighted by Gasteiger charge is 2.49. The average molecular weight is 316 g/mol. The molecule has 0 saturated heterocycles. The first-order valence-electron chi connectivity index (χ1n) is 9.89. The normalized spacial score (nSPS) is 28.0. The van der Waals surface area contributed by atoms with E-state index in [9.17, 15) is 0 Å². The van der Waals surface area contributed by atoms with E-state index in [1.54, 1.807) is 22.3 Å². The van der Waals surface area contributed by atoms with Crippen LogP contribution in [0.5, 0.6) is 0 Å². The van der Waals surface area contributed by atoms with Crippen LogP contribution in [0.2, 0.25) is 0 Å². The summed E-state index contributed by atoms with van der Waals surface area (Å²) in [4.78, 5) is 0. The van der Waals surface area contributed by atoms with Crippen molar-refractivity contribution in [3.05, 3.63) is 58.7 Å². The molecule has 0 nitrogen and oxygen atoms in total. The van der Waals surface area contributed by atoms with Crippen molar-refractivity contribution in [3.63, 3.8) is 0 Å². The van der Waals surface area contributed by atoms with Gasteiger partial charge in [-0.1, -0.05) is 55.8 Å². The molecule has 0 heterocycles. The van der Waals surface area contributed by atoms with E-state index in [4.69, 9.17) is 0 Å². The standard InChI is InChI=1S/C24H28/c1-16(2)11-18-5-3-6-19-13-20-7-4-10-24(23(20)14-22(18)19)15-17-8-9-21(24)12-17/h3,5-6,8,13-14,16,21H,4,7,9-12,15H2,1-2H3. The van der Waals surface area contributed by atoms with Crippen LogP contribution in [0.25, 0.3) is 10.8 Å². The van der Waals surface area contributed by atoms with Crippen LogP contribution in [0.1, 0.15) is 62.6 Å². The number of aryl methyl sites for hydroxylation is 1. The predicted octanol–water partition coefficient (Wildman–Crippen LogP) is 6.35. The summed E-state index contributed by atoms with van der Waals surface area (Å²) < 4.78 is 0. The third kappa shape index (κ3) is 2.05. The first-order valence-corrected chi connectivity index (χ1v) is 9.89. The van der Waals surface area contributed by atoms with Crippen molar-refractivity contribution in [2.24, 2.45) is 11.8 Å². The number of hydrogen-bond acceptors (Lipinski definition) is 0. The molecule has 0 N–H and O–H groups in total. The van der Waals surface area contributed by atoms with Crippen LogP contribution in [-0.2, 0) is 18.3 Å². The maximum Gasteiger partial charge on any atom is 0.00274 e. The Bertz CT molecular complexity index is 838. The number of fused-ring (bicyclic) bond motifs is 6. The van der Waals surface area contributed by atoms with Crippen LogP contribution in [0.15, 0.2) is 42.0 Å². The van der Waals surface area contributed by atoms with Crippen LogP contribution in [0, 0.1) is 11.8 Å². The maximum absolute atomic E-state index is 2.63. The Morgan fingerprint density at radius 3 is 2.88 bits per heavy atom. The molecule has 24 heavy (non-hydrogen) atoms. The summed E-state index contributed by atoms with van der Waals surface area (Å²) in [6.45, 7) is 4.67. The average Bonchev–Trinajstić information content (AvgIpc) is 3.15. The van der Waals surface area contributed by atoms with Gasteiger partial charge >= 0.3 is 0 Å². The third-order valence-electron chi connectivity index (χ3n) is 6.95. The summed E-state index contributed by atoms with van der Waals surface area (Å²) in [6.07, 6.45) is 11.9. The van der Waals surface area contributed by atoms with Crippen molar-refractivity contribution < 1.29 is 0 Å². The maximum atomic E-state index is 2.63. The van der Waals surface area contributed by atoms with E-state index >= 15 is 0 Å². The molecule has 2 aromatic rings. The molecule has 1 fully saturated rings. The van der Waals surface area contributed by atoms with Crippen LogP contribution in [-0.4, -0.2) is 0 Å². The summed E-state index contributed by atoms with van der Waals surface area (Å²) in [5, 5.41) is 2.99. The zero-order valence-electron chi connectivity index (χ0n) is 15.1. The molecule has 2 aromatic carbocycles. The van der Waals surface area contributed by atoms with Gasteiger partial charge < -0.3 is 0 Å². The predicted molar refractivity (Wildman–Crippen MR) is 103 cm³/mol. The molecule has 5 rings (SSSR count). The molecule has 3 aliphatic rings. The Labute approximate surface area is 146 Å². The molecule has 0 aliphatic heterocycles. The molecule has 1 saturated carbocycles. The summed E-state index contributed by atoms with van der Waals surface area (Å²) in [5.41, 5.74) is 7.17. The third-order valence-corrected chi connectivity index (χ3v) is 6.95. The molecule has 124 valence electrons. The SMILES string of the molecule is CC(C)Cc1cccc2cc3c(cc12)C1(CCC3)CC2=CCC1C2. The second-order valence-electron chi connectivity index (χ2n) is 8.93. The molecule has 2 unspecified atom stereocenters. The van der Waals surface area contributed by atoms with Crippen molar-refractivity contribution in [1.82, 2.24) is 0 Å². The molecule has 2 atom stereocenters. The summed E-state index contributed by atoms with van der Waals surface area (Å²) in [6, 6.07) is 12.1. The lowest BCUT2D eigenvalue weighted by Crippen LogP contribution is -2.35. The Morgan fingerprint density at radius 2 is 2.12 bits per heavy atom. The number of allylic oxidation sites excluding steroid dienone is 2. The smallest absolute Gasteiger partial charge is 0.00274 e. The minimum Gasteiger partial charge on any atom is -0.0850 e. The minimum atomic E-state index is 0.483. The van der Waals surface area contributed by atoms with E-state index in [1.807, 2.05) is 0 Å². The number of benzene rings is 2. The van der Waals surface area contributed by atoms with Crippen LogP contribution >= 0.6 is 0 Å². The second kappa shape index (κ2) is 5.22. The largest absolute Gasteiger partial charge is 0.0850 e. The molecule has 0 radical (unpaired) electrons. The van der Waals surface area contributed by atoms with Gasteiger partial charge in [-0.25, -0.2) is 0 Å². The van der Waals surface area contributed by atoms with E-state index in [1.165, 1.54) is 55.7 Å². The van der Waals surface area contributed by atoms with Crippen LogP contribution < -0.4 is 0 Å². The van der Waals surface area contributed by atoms with E-state index in [2.05, 4.69) is 50.3 Å². The Balaban J connectivity index is 1.71. The van der Waals surface area contributed by atoms with Crippen LogP contribution in [0.3, 0.4) is 0 Å². The minimum absolute atomic E-state index is 0.483. The van der Waals surface area contributed by atoms with Gasteiger partial charge in [0.15, 0.2) is 0 Å². The molecule has 2 bridgehead atoms. The molecule has 1 spiro atoms. The van der Waals surface area contributed by atoms with Crippen molar-refractivity contribution in [3.8, 4) is 0 Å². The molecule has 0 amide bonds.